The lowest BCUT2D eigenvalue weighted by Gasteiger charge is -2.06. The van der Waals surface area contributed by atoms with Crippen LogP contribution >= 0.6 is 0 Å². The van der Waals surface area contributed by atoms with Gasteiger partial charge < -0.3 is 4.74 Å². The topological polar surface area (TPSA) is 82.3 Å². The van der Waals surface area contributed by atoms with Crippen molar-refractivity contribution in [1.29, 1.82) is 0 Å². The van der Waals surface area contributed by atoms with Crippen molar-refractivity contribution in [3.63, 3.8) is 0 Å². The number of benzene rings is 2. The van der Waals surface area contributed by atoms with E-state index in [2.05, 4.69) is 4.98 Å². The highest BCUT2D eigenvalue weighted by Gasteiger charge is 2.08. The third-order valence-electron chi connectivity index (χ3n) is 3.77. The van der Waals surface area contributed by atoms with Crippen molar-refractivity contribution in [3.8, 4) is 5.75 Å². The number of esters is 1. The number of nitro groups is 1. The molecular weight excluding hydrogens is 332 g/mol. The summed E-state index contributed by atoms with van der Waals surface area (Å²) in [6.45, 7) is 1.74. The maximum atomic E-state index is 11.6. The van der Waals surface area contributed by atoms with E-state index in [4.69, 9.17) is 4.74 Å². The molecule has 3 aromatic rings. The first kappa shape index (κ1) is 17.3. The van der Waals surface area contributed by atoms with Gasteiger partial charge in [-0.1, -0.05) is 31.2 Å². The number of para-hydroxylation sites is 1. The zero-order chi connectivity index (χ0) is 18.5. The molecule has 0 spiro atoms. The van der Waals surface area contributed by atoms with Gasteiger partial charge in [-0.15, -0.1) is 0 Å². The van der Waals surface area contributed by atoms with Crippen molar-refractivity contribution in [3.05, 3.63) is 76.0 Å². The van der Waals surface area contributed by atoms with Crippen molar-refractivity contribution in [2.45, 2.75) is 13.3 Å². The molecule has 3 rings (SSSR count). The monoisotopic (exact) mass is 348 g/mol. The predicted molar refractivity (Wildman–Crippen MR) is 99.7 cm³/mol. The van der Waals surface area contributed by atoms with Gasteiger partial charge in [0, 0.05) is 23.9 Å². The molecule has 0 aliphatic heterocycles. The summed E-state index contributed by atoms with van der Waals surface area (Å²) in [5, 5.41) is 11.6. The van der Waals surface area contributed by atoms with Gasteiger partial charge in [0.05, 0.1) is 10.6 Å². The summed E-state index contributed by atoms with van der Waals surface area (Å²) in [6.07, 6.45) is 3.91. The molecule has 0 fully saturated rings. The second-order valence-electron chi connectivity index (χ2n) is 5.57. The summed E-state index contributed by atoms with van der Waals surface area (Å²) < 4.78 is 5.34. The van der Waals surface area contributed by atoms with Crippen molar-refractivity contribution in [1.82, 2.24) is 4.98 Å². The molecule has 0 aliphatic rings. The largest absolute Gasteiger partial charge is 0.424 e. The van der Waals surface area contributed by atoms with Gasteiger partial charge in [0.15, 0.2) is 5.75 Å². The van der Waals surface area contributed by atoms with E-state index >= 15 is 0 Å². The van der Waals surface area contributed by atoms with Crippen LogP contribution in [-0.4, -0.2) is 15.9 Å². The lowest BCUT2D eigenvalue weighted by Crippen LogP contribution is -2.06. The highest BCUT2D eigenvalue weighted by atomic mass is 16.6. The number of rotatable bonds is 5. The molecule has 0 bridgehead atoms. The molecule has 1 aromatic heterocycles. The molecule has 0 aliphatic carbocycles. The SMILES string of the molecule is CCC(=O)Oc1cccc2ccc(/C=C/c3ccc([N+](=O)[O-])cc3)nc12. The highest BCUT2D eigenvalue weighted by Crippen LogP contribution is 2.25. The Kier molecular flexibility index (Phi) is 5.03. The molecule has 0 radical (unpaired) electrons. The maximum Gasteiger partial charge on any atom is 0.310 e. The number of nitrogens with zero attached hydrogens (tertiary/aromatic N) is 2. The smallest absolute Gasteiger partial charge is 0.310 e. The van der Waals surface area contributed by atoms with Crippen LogP contribution in [0.2, 0.25) is 0 Å². The number of non-ortho nitro benzene ring substituents is 1. The first-order valence-electron chi connectivity index (χ1n) is 8.10. The molecule has 130 valence electrons. The third-order valence-corrected chi connectivity index (χ3v) is 3.77. The summed E-state index contributed by atoms with van der Waals surface area (Å²) in [6, 6.07) is 15.4. The summed E-state index contributed by atoms with van der Waals surface area (Å²) in [7, 11) is 0. The number of carbonyl (C=O) groups excluding carboxylic acids is 1. The fourth-order valence-electron chi connectivity index (χ4n) is 2.39. The maximum absolute atomic E-state index is 11.6. The molecule has 26 heavy (non-hydrogen) atoms. The Bertz CT molecular complexity index is 994. The summed E-state index contributed by atoms with van der Waals surface area (Å²) >= 11 is 0. The van der Waals surface area contributed by atoms with Gasteiger partial charge in [0.1, 0.15) is 5.52 Å². The van der Waals surface area contributed by atoms with E-state index < -0.39 is 4.92 Å². The number of fused-ring (bicyclic) bond motifs is 1. The van der Waals surface area contributed by atoms with E-state index in [1.807, 2.05) is 30.3 Å². The molecule has 0 N–H and O–H groups in total. The molecule has 0 saturated carbocycles. The average molecular weight is 348 g/mol. The fourth-order valence-corrected chi connectivity index (χ4v) is 2.39. The van der Waals surface area contributed by atoms with Crippen LogP contribution in [-0.2, 0) is 4.79 Å². The summed E-state index contributed by atoms with van der Waals surface area (Å²) in [4.78, 5) is 26.4. The van der Waals surface area contributed by atoms with Crippen LogP contribution in [0.3, 0.4) is 0 Å². The Hall–Kier alpha value is -3.54. The average Bonchev–Trinajstić information content (AvgIpc) is 2.66. The number of hydrogen-bond donors (Lipinski definition) is 0. The number of pyridine rings is 1. The molecule has 0 atom stereocenters. The van der Waals surface area contributed by atoms with Crippen LogP contribution in [0.5, 0.6) is 5.75 Å². The second kappa shape index (κ2) is 7.57. The van der Waals surface area contributed by atoms with E-state index in [9.17, 15) is 14.9 Å². The van der Waals surface area contributed by atoms with Crippen molar-refractivity contribution < 1.29 is 14.5 Å². The fraction of sp³-hybridized carbons (Fsp3) is 0.100. The van der Waals surface area contributed by atoms with Crippen molar-refractivity contribution in [2.75, 3.05) is 0 Å². The van der Waals surface area contributed by atoms with Crippen LogP contribution < -0.4 is 4.74 Å². The second-order valence-corrected chi connectivity index (χ2v) is 5.57. The summed E-state index contributed by atoms with van der Waals surface area (Å²) in [5.74, 6) is 0.117. The minimum absolute atomic E-state index is 0.0494. The third kappa shape index (κ3) is 3.92. The molecule has 1 heterocycles. The first-order valence-corrected chi connectivity index (χ1v) is 8.10. The lowest BCUT2D eigenvalue weighted by molar-refractivity contribution is -0.384. The number of ether oxygens (including phenoxy) is 1. The van der Waals surface area contributed by atoms with Gasteiger partial charge in [-0.3, -0.25) is 14.9 Å². The van der Waals surface area contributed by atoms with E-state index in [0.29, 0.717) is 17.0 Å². The van der Waals surface area contributed by atoms with Crippen LogP contribution in [0.25, 0.3) is 23.1 Å². The van der Waals surface area contributed by atoms with Gasteiger partial charge in [0.25, 0.3) is 5.69 Å². The van der Waals surface area contributed by atoms with Gasteiger partial charge in [-0.2, -0.15) is 0 Å². The molecule has 6 nitrogen and oxygen atoms in total. The van der Waals surface area contributed by atoms with Crippen molar-refractivity contribution in [2.24, 2.45) is 0 Å². The molecule has 0 unspecified atom stereocenters. The summed E-state index contributed by atoms with van der Waals surface area (Å²) in [5.41, 5.74) is 2.17. The van der Waals surface area contributed by atoms with Gasteiger partial charge >= 0.3 is 5.97 Å². The quantitative estimate of drug-likeness (QED) is 0.290. The van der Waals surface area contributed by atoms with Crippen LogP contribution in [0.15, 0.2) is 54.6 Å². The first-order chi connectivity index (χ1) is 12.6. The van der Waals surface area contributed by atoms with E-state index in [1.165, 1.54) is 12.1 Å². The zero-order valence-corrected chi connectivity index (χ0v) is 14.1. The Morgan fingerprint density at radius 3 is 2.58 bits per heavy atom. The number of hydrogen-bond acceptors (Lipinski definition) is 5. The van der Waals surface area contributed by atoms with Crippen LogP contribution in [0, 0.1) is 10.1 Å². The number of aromatic nitrogens is 1. The highest BCUT2D eigenvalue weighted by molar-refractivity contribution is 5.88. The molecular formula is C20H16N2O4. The molecule has 0 amide bonds. The normalized spacial score (nSPS) is 11.0. The minimum Gasteiger partial charge on any atom is -0.424 e. The van der Waals surface area contributed by atoms with E-state index in [-0.39, 0.29) is 18.1 Å². The van der Waals surface area contributed by atoms with Gasteiger partial charge in [-0.25, -0.2) is 4.98 Å². The Morgan fingerprint density at radius 1 is 1.12 bits per heavy atom. The van der Waals surface area contributed by atoms with Crippen LogP contribution in [0.1, 0.15) is 24.6 Å². The Labute approximate surface area is 149 Å². The van der Waals surface area contributed by atoms with Crippen LogP contribution in [0.4, 0.5) is 5.69 Å². The molecule has 2 aromatic carbocycles. The molecule has 6 heteroatoms. The van der Waals surface area contributed by atoms with Gasteiger partial charge in [0.2, 0.25) is 0 Å². The van der Waals surface area contributed by atoms with E-state index in [1.54, 1.807) is 31.2 Å². The standard InChI is InChI=1S/C20H16N2O4/c1-2-19(23)26-18-5-3-4-15-9-11-16(21-20(15)18)10-6-14-7-12-17(13-8-14)22(24)25/h3-13H,2H2,1H3/b10-6+. The van der Waals surface area contributed by atoms with Gasteiger partial charge in [-0.05, 0) is 35.9 Å². The minimum atomic E-state index is -0.433. The Balaban J connectivity index is 1.89. The van der Waals surface area contributed by atoms with Crippen molar-refractivity contribution >= 4 is 34.7 Å². The molecule has 0 saturated heterocycles. The zero-order valence-electron chi connectivity index (χ0n) is 14.1. The van der Waals surface area contributed by atoms with E-state index in [0.717, 1.165) is 10.9 Å². The number of nitro benzene ring substituents is 1. The Morgan fingerprint density at radius 2 is 1.88 bits per heavy atom. The lowest BCUT2D eigenvalue weighted by atomic mass is 10.1. The predicted octanol–water partition coefficient (Wildman–Crippen LogP) is 4.63. The number of carbonyl (C=O) groups is 1.